The Bertz CT molecular complexity index is 199. The number of nitrogens with one attached hydrogen (secondary N) is 1. The Balaban J connectivity index is 2.16. The van der Waals surface area contributed by atoms with E-state index in [-0.39, 0.29) is 6.04 Å². The molecule has 1 saturated heterocycles. The first kappa shape index (κ1) is 12.5. The molecule has 1 atom stereocenters. The second-order valence-electron chi connectivity index (χ2n) is 4.41. The Labute approximate surface area is 94.4 Å². The van der Waals surface area contributed by atoms with Crippen molar-refractivity contribution in [2.45, 2.75) is 39.2 Å². The number of piperidine rings is 1. The molecule has 0 aliphatic carbocycles. The molecule has 1 heterocycles. The highest BCUT2D eigenvalue weighted by molar-refractivity contribution is 4.98. The summed E-state index contributed by atoms with van der Waals surface area (Å²) < 4.78 is 0. The molecule has 0 bridgehead atoms. The molecule has 1 rings (SSSR count). The second kappa shape index (κ2) is 6.87. The van der Waals surface area contributed by atoms with Crippen LogP contribution in [0.4, 0.5) is 0 Å². The zero-order valence-electron chi connectivity index (χ0n) is 10.1. The van der Waals surface area contributed by atoms with Gasteiger partial charge in [0, 0.05) is 0 Å². The minimum absolute atomic E-state index is 0.272. The predicted molar refractivity (Wildman–Crippen MR) is 65.8 cm³/mol. The van der Waals surface area contributed by atoms with Gasteiger partial charge in [0.1, 0.15) is 0 Å². The minimum atomic E-state index is 0.272. The summed E-state index contributed by atoms with van der Waals surface area (Å²) in [5.41, 5.74) is 0. The number of hydrogen-bond donors (Lipinski definition) is 1. The van der Waals surface area contributed by atoms with Gasteiger partial charge < -0.3 is 10.2 Å². The Kier molecular flexibility index (Phi) is 5.75. The van der Waals surface area contributed by atoms with E-state index in [4.69, 9.17) is 6.42 Å². The Morgan fingerprint density at radius 3 is 2.53 bits per heavy atom. The highest BCUT2D eigenvalue weighted by atomic mass is 15.1. The molecule has 0 spiro atoms. The fourth-order valence-electron chi connectivity index (χ4n) is 2.14. The zero-order chi connectivity index (χ0) is 11.1. The van der Waals surface area contributed by atoms with E-state index in [9.17, 15) is 0 Å². The van der Waals surface area contributed by atoms with Gasteiger partial charge in [-0.15, -0.1) is 6.42 Å². The predicted octanol–water partition coefficient (Wildman–Crippen LogP) is 1.72. The molecule has 1 aliphatic heterocycles. The third kappa shape index (κ3) is 4.24. The van der Waals surface area contributed by atoms with Crippen molar-refractivity contribution in [3.8, 4) is 12.3 Å². The Morgan fingerprint density at radius 2 is 2.07 bits per heavy atom. The van der Waals surface area contributed by atoms with E-state index in [0.29, 0.717) is 0 Å². The third-order valence-electron chi connectivity index (χ3n) is 3.42. The molecule has 15 heavy (non-hydrogen) atoms. The standard InChI is InChI=1S/C13H24N2/c1-4-13(5-2)14-11-12-7-9-15(6-3)10-8-12/h1,12-14H,5-11H2,2-3H3. The average molecular weight is 208 g/mol. The Morgan fingerprint density at radius 1 is 1.40 bits per heavy atom. The van der Waals surface area contributed by atoms with Crippen LogP contribution < -0.4 is 5.32 Å². The zero-order valence-corrected chi connectivity index (χ0v) is 10.1. The normalized spacial score (nSPS) is 21.1. The third-order valence-corrected chi connectivity index (χ3v) is 3.42. The first-order chi connectivity index (χ1) is 7.30. The van der Waals surface area contributed by atoms with Crippen LogP contribution in [0.15, 0.2) is 0 Å². The maximum absolute atomic E-state index is 5.42. The van der Waals surface area contributed by atoms with Crippen molar-refractivity contribution in [3.63, 3.8) is 0 Å². The van der Waals surface area contributed by atoms with Crippen LogP contribution in [0.25, 0.3) is 0 Å². The van der Waals surface area contributed by atoms with Gasteiger partial charge in [0.15, 0.2) is 0 Å². The van der Waals surface area contributed by atoms with Crippen LogP contribution >= 0.6 is 0 Å². The van der Waals surface area contributed by atoms with Crippen molar-refractivity contribution in [1.82, 2.24) is 10.2 Å². The quantitative estimate of drug-likeness (QED) is 0.692. The lowest BCUT2D eigenvalue weighted by molar-refractivity contribution is 0.189. The molecule has 1 N–H and O–H groups in total. The lowest BCUT2D eigenvalue weighted by Gasteiger charge is -2.31. The van der Waals surface area contributed by atoms with Crippen LogP contribution in [0.5, 0.6) is 0 Å². The van der Waals surface area contributed by atoms with Gasteiger partial charge in [-0.2, -0.15) is 0 Å². The maximum Gasteiger partial charge on any atom is 0.0684 e. The van der Waals surface area contributed by atoms with Crippen LogP contribution in [0.3, 0.4) is 0 Å². The van der Waals surface area contributed by atoms with Gasteiger partial charge in [0.05, 0.1) is 6.04 Å². The van der Waals surface area contributed by atoms with E-state index in [2.05, 4.69) is 30.0 Å². The van der Waals surface area contributed by atoms with Crippen molar-refractivity contribution in [3.05, 3.63) is 0 Å². The van der Waals surface area contributed by atoms with Crippen LogP contribution in [0.1, 0.15) is 33.1 Å². The molecule has 0 aromatic heterocycles. The summed E-state index contributed by atoms with van der Waals surface area (Å²) in [4.78, 5) is 2.52. The summed E-state index contributed by atoms with van der Waals surface area (Å²) in [6.45, 7) is 9.19. The molecule has 0 saturated carbocycles. The number of rotatable bonds is 5. The fourth-order valence-corrected chi connectivity index (χ4v) is 2.14. The monoisotopic (exact) mass is 208 g/mol. The van der Waals surface area contributed by atoms with Crippen molar-refractivity contribution < 1.29 is 0 Å². The van der Waals surface area contributed by atoms with Crippen LogP contribution in [0.2, 0.25) is 0 Å². The van der Waals surface area contributed by atoms with Crippen LogP contribution in [0, 0.1) is 18.3 Å². The number of hydrogen-bond acceptors (Lipinski definition) is 2. The second-order valence-corrected chi connectivity index (χ2v) is 4.41. The highest BCUT2D eigenvalue weighted by Gasteiger charge is 2.18. The SMILES string of the molecule is C#CC(CC)NCC1CCN(CC)CC1. The first-order valence-corrected chi connectivity index (χ1v) is 6.22. The first-order valence-electron chi connectivity index (χ1n) is 6.22. The van der Waals surface area contributed by atoms with Gasteiger partial charge in [-0.3, -0.25) is 0 Å². The smallest absolute Gasteiger partial charge is 0.0684 e. The number of terminal acetylenes is 1. The summed E-state index contributed by atoms with van der Waals surface area (Å²) >= 11 is 0. The summed E-state index contributed by atoms with van der Waals surface area (Å²) in [5, 5.41) is 3.47. The summed E-state index contributed by atoms with van der Waals surface area (Å²) in [6.07, 6.45) is 9.10. The van der Waals surface area contributed by atoms with Gasteiger partial charge in [0.2, 0.25) is 0 Å². The van der Waals surface area contributed by atoms with Crippen molar-refractivity contribution >= 4 is 0 Å². The molecule has 1 fully saturated rings. The average Bonchev–Trinajstić information content (AvgIpc) is 2.31. The van der Waals surface area contributed by atoms with E-state index in [1.807, 2.05) is 0 Å². The molecule has 1 unspecified atom stereocenters. The fraction of sp³-hybridized carbons (Fsp3) is 0.846. The molecule has 2 heteroatoms. The van der Waals surface area contributed by atoms with Crippen molar-refractivity contribution in [2.24, 2.45) is 5.92 Å². The number of nitrogens with zero attached hydrogens (tertiary/aromatic N) is 1. The van der Waals surface area contributed by atoms with Gasteiger partial charge >= 0.3 is 0 Å². The van der Waals surface area contributed by atoms with E-state index >= 15 is 0 Å². The van der Waals surface area contributed by atoms with E-state index in [0.717, 1.165) is 18.9 Å². The molecule has 0 aromatic carbocycles. The minimum Gasteiger partial charge on any atom is -0.304 e. The lowest BCUT2D eigenvalue weighted by atomic mass is 9.96. The summed E-state index contributed by atoms with van der Waals surface area (Å²) in [6, 6.07) is 0.272. The Hall–Kier alpha value is -0.520. The van der Waals surface area contributed by atoms with E-state index in [1.54, 1.807) is 0 Å². The van der Waals surface area contributed by atoms with Gasteiger partial charge in [-0.25, -0.2) is 0 Å². The topological polar surface area (TPSA) is 15.3 Å². The van der Waals surface area contributed by atoms with Gasteiger partial charge in [-0.05, 0) is 51.4 Å². The summed E-state index contributed by atoms with van der Waals surface area (Å²) in [7, 11) is 0. The molecular weight excluding hydrogens is 184 g/mol. The highest BCUT2D eigenvalue weighted by Crippen LogP contribution is 2.16. The molecule has 1 aliphatic rings. The van der Waals surface area contributed by atoms with E-state index in [1.165, 1.54) is 32.5 Å². The molecule has 0 aromatic rings. The van der Waals surface area contributed by atoms with Crippen molar-refractivity contribution in [2.75, 3.05) is 26.2 Å². The lowest BCUT2D eigenvalue weighted by Crippen LogP contribution is -2.39. The van der Waals surface area contributed by atoms with Crippen LogP contribution in [-0.4, -0.2) is 37.1 Å². The van der Waals surface area contributed by atoms with E-state index < -0.39 is 0 Å². The van der Waals surface area contributed by atoms with Gasteiger partial charge in [-0.1, -0.05) is 19.8 Å². The summed E-state index contributed by atoms with van der Waals surface area (Å²) in [5.74, 6) is 3.62. The molecule has 0 radical (unpaired) electrons. The van der Waals surface area contributed by atoms with Gasteiger partial charge in [0.25, 0.3) is 0 Å². The largest absolute Gasteiger partial charge is 0.304 e. The van der Waals surface area contributed by atoms with Crippen LogP contribution in [-0.2, 0) is 0 Å². The maximum atomic E-state index is 5.42. The van der Waals surface area contributed by atoms with Crippen molar-refractivity contribution in [1.29, 1.82) is 0 Å². The molecule has 86 valence electrons. The molecule has 2 nitrogen and oxygen atoms in total. The number of likely N-dealkylation sites (tertiary alicyclic amines) is 1. The molecular formula is C13H24N2. The molecule has 0 amide bonds.